The van der Waals surface area contributed by atoms with E-state index in [2.05, 4.69) is 20.5 Å². The van der Waals surface area contributed by atoms with Gasteiger partial charge in [-0.3, -0.25) is 9.69 Å². The molecule has 38 heavy (non-hydrogen) atoms. The van der Waals surface area contributed by atoms with Gasteiger partial charge in [0.25, 0.3) is 5.91 Å². The van der Waals surface area contributed by atoms with E-state index in [0.717, 1.165) is 36.1 Å². The van der Waals surface area contributed by atoms with Crippen LogP contribution in [0.5, 0.6) is 0 Å². The topological polar surface area (TPSA) is 98.9 Å². The smallest absolute Gasteiger partial charge is 0.263 e. The minimum atomic E-state index is -0.620. The number of guanidine groups is 1. The van der Waals surface area contributed by atoms with Gasteiger partial charge in [-0.05, 0) is 49.1 Å². The molecule has 1 aromatic heterocycles. The molecule has 194 valence electrons. The van der Waals surface area contributed by atoms with E-state index in [1.54, 1.807) is 24.1 Å². The fraction of sp³-hybridized carbons (Fsp3) is 0.276. The normalized spacial score (nSPS) is 23.6. The van der Waals surface area contributed by atoms with Crippen LogP contribution < -0.4 is 16.4 Å². The van der Waals surface area contributed by atoms with Crippen LogP contribution in [0.1, 0.15) is 24.8 Å². The Morgan fingerprint density at radius 1 is 1.05 bits per heavy atom. The highest BCUT2D eigenvalue weighted by atomic mass is 19.1. The summed E-state index contributed by atoms with van der Waals surface area (Å²) < 4.78 is 13.6. The molecular formula is C29H30FN7O. The summed E-state index contributed by atoms with van der Waals surface area (Å²) in [5.41, 5.74) is 10.5. The molecule has 4 N–H and O–H groups in total. The van der Waals surface area contributed by atoms with E-state index in [4.69, 9.17) is 10.7 Å². The first-order valence-corrected chi connectivity index (χ1v) is 12.9. The summed E-state index contributed by atoms with van der Waals surface area (Å²) in [4.78, 5) is 26.2. The van der Waals surface area contributed by atoms with Crippen LogP contribution in [0, 0.1) is 5.95 Å². The van der Waals surface area contributed by atoms with Crippen LogP contribution in [0.25, 0.3) is 11.3 Å². The van der Waals surface area contributed by atoms with E-state index in [0.29, 0.717) is 29.6 Å². The Balaban J connectivity index is 1.30. The molecule has 0 spiro atoms. The third-order valence-electron chi connectivity index (χ3n) is 7.49. The number of benzene rings is 2. The maximum absolute atomic E-state index is 13.6. The summed E-state index contributed by atoms with van der Waals surface area (Å²) >= 11 is 0. The quantitative estimate of drug-likeness (QED) is 0.345. The second-order valence-electron chi connectivity index (χ2n) is 9.89. The zero-order valence-corrected chi connectivity index (χ0v) is 21.1. The Morgan fingerprint density at radius 2 is 1.84 bits per heavy atom. The van der Waals surface area contributed by atoms with Crippen LogP contribution in [-0.2, 0) is 11.3 Å². The van der Waals surface area contributed by atoms with Gasteiger partial charge < -0.3 is 21.3 Å². The van der Waals surface area contributed by atoms with Gasteiger partial charge in [-0.25, -0.2) is 9.98 Å². The molecule has 1 amide bonds. The first-order chi connectivity index (χ1) is 18.5. The van der Waals surface area contributed by atoms with Crippen molar-refractivity contribution >= 4 is 17.6 Å². The number of anilines is 1. The number of aliphatic imine (C=N–C) groups is 1. The van der Waals surface area contributed by atoms with Crippen molar-refractivity contribution in [2.24, 2.45) is 10.7 Å². The molecular weight excluding hydrogens is 481 g/mol. The van der Waals surface area contributed by atoms with Gasteiger partial charge in [0.15, 0.2) is 0 Å². The van der Waals surface area contributed by atoms with Crippen molar-refractivity contribution in [1.29, 1.82) is 0 Å². The summed E-state index contributed by atoms with van der Waals surface area (Å²) in [7, 11) is 1.76. The average Bonchev–Trinajstić information content (AvgIpc) is 3.53. The molecule has 0 radical (unpaired) electrons. The molecule has 0 bridgehead atoms. The van der Waals surface area contributed by atoms with E-state index in [1.807, 2.05) is 54.6 Å². The molecule has 1 aliphatic carbocycles. The second-order valence-corrected chi connectivity index (χ2v) is 9.89. The predicted molar refractivity (Wildman–Crippen MR) is 145 cm³/mol. The van der Waals surface area contributed by atoms with Gasteiger partial charge in [-0.1, -0.05) is 48.5 Å². The lowest BCUT2D eigenvalue weighted by Gasteiger charge is -2.42. The van der Waals surface area contributed by atoms with Crippen molar-refractivity contribution in [2.75, 3.05) is 12.4 Å². The largest absolute Gasteiger partial charge is 0.367 e. The lowest BCUT2D eigenvalue weighted by Crippen LogP contribution is -2.62. The van der Waals surface area contributed by atoms with Crippen molar-refractivity contribution in [3.05, 3.63) is 95.7 Å². The summed E-state index contributed by atoms with van der Waals surface area (Å²) in [6.07, 6.45) is 2.53. The number of likely N-dealkylation sites (N-methyl/N-ethyl adjacent to an activating group) is 1. The highest BCUT2D eigenvalue weighted by molar-refractivity contribution is 6.10. The van der Waals surface area contributed by atoms with Crippen LogP contribution in [0.2, 0.25) is 0 Å². The molecule has 2 aromatic carbocycles. The van der Waals surface area contributed by atoms with E-state index in [-0.39, 0.29) is 18.0 Å². The Labute approximate surface area is 221 Å². The summed E-state index contributed by atoms with van der Waals surface area (Å²) in [5, 5.41) is 6.85. The molecule has 3 aliphatic rings. The van der Waals surface area contributed by atoms with Crippen LogP contribution in [0.15, 0.2) is 89.2 Å². The van der Waals surface area contributed by atoms with Crippen LogP contribution in [0.3, 0.4) is 0 Å². The van der Waals surface area contributed by atoms with E-state index < -0.39 is 12.1 Å². The van der Waals surface area contributed by atoms with Gasteiger partial charge in [-0.2, -0.15) is 4.39 Å². The fourth-order valence-corrected chi connectivity index (χ4v) is 5.57. The number of rotatable bonds is 6. The molecule has 3 aromatic rings. The lowest BCUT2D eigenvalue weighted by atomic mass is 10.0. The molecule has 2 fully saturated rings. The second kappa shape index (κ2) is 9.90. The van der Waals surface area contributed by atoms with Crippen molar-refractivity contribution in [2.45, 2.75) is 44.1 Å². The lowest BCUT2D eigenvalue weighted by molar-refractivity contribution is -0.125. The molecule has 9 heteroatoms. The number of carbonyl (C=O) groups excluding carboxylic acids is 1. The number of fused-ring (bicyclic) bond motifs is 3. The van der Waals surface area contributed by atoms with Crippen molar-refractivity contribution < 1.29 is 9.18 Å². The predicted octanol–water partition coefficient (Wildman–Crippen LogP) is 3.65. The Bertz CT molecular complexity index is 1410. The third-order valence-corrected chi connectivity index (χ3v) is 7.49. The Morgan fingerprint density at radius 3 is 2.61 bits per heavy atom. The van der Waals surface area contributed by atoms with E-state index in [9.17, 15) is 9.18 Å². The number of pyridine rings is 1. The number of amides is 1. The van der Waals surface area contributed by atoms with E-state index in [1.165, 1.54) is 6.07 Å². The molecule has 3 heterocycles. The Kier molecular flexibility index (Phi) is 6.29. The van der Waals surface area contributed by atoms with Gasteiger partial charge in [0.1, 0.15) is 12.0 Å². The maximum atomic E-state index is 13.6. The zero-order valence-electron chi connectivity index (χ0n) is 21.1. The number of nitrogens with two attached hydrogens (primary N) is 1. The minimum Gasteiger partial charge on any atom is -0.367 e. The third kappa shape index (κ3) is 4.39. The molecule has 1 saturated carbocycles. The SMILES string of the molecule is CN1C(=O)/C(=C(/NCc2ccc(-c3cccc(F)n3)cc2)Nc2ccccc2)C(N)N2C1=N[C@@H]1CCC[C@@H]12. The fourth-order valence-electron chi connectivity index (χ4n) is 5.57. The highest BCUT2D eigenvalue weighted by Crippen LogP contribution is 2.37. The molecule has 2 aliphatic heterocycles. The van der Waals surface area contributed by atoms with E-state index >= 15 is 0 Å². The first-order valence-electron chi connectivity index (χ1n) is 12.9. The first kappa shape index (κ1) is 24.1. The van der Waals surface area contributed by atoms with Crippen LogP contribution >= 0.6 is 0 Å². The summed E-state index contributed by atoms with van der Waals surface area (Å²) in [6, 6.07) is 22.6. The molecule has 8 nitrogen and oxygen atoms in total. The van der Waals surface area contributed by atoms with Crippen molar-refractivity contribution in [3.63, 3.8) is 0 Å². The number of hydrogen-bond acceptors (Lipinski definition) is 7. The molecule has 3 atom stereocenters. The number of carbonyl (C=O) groups is 1. The monoisotopic (exact) mass is 511 g/mol. The summed E-state index contributed by atoms with van der Waals surface area (Å²) in [5.74, 6) is 0.550. The van der Waals surface area contributed by atoms with Gasteiger partial charge in [0.05, 0.1) is 23.4 Å². The number of nitrogens with one attached hydrogen (secondary N) is 2. The van der Waals surface area contributed by atoms with Gasteiger partial charge in [-0.15, -0.1) is 0 Å². The van der Waals surface area contributed by atoms with Gasteiger partial charge in [0.2, 0.25) is 11.9 Å². The zero-order chi connectivity index (χ0) is 26.2. The van der Waals surface area contributed by atoms with Crippen molar-refractivity contribution in [1.82, 2.24) is 20.1 Å². The average molecular weight is 512 g/mol. The molecule has 6 rings (SSSR count). The number of para-hydroxylation sites is 1. The standard InChI is InChI=1S/C29H30FN7O/c1-36-28(38)25(26(31)37-23-11-5-10-22(23)35-29(36)37)27(33-20-7-3-2-4-8-20)32-17-18-13-15-19(16-14-18)21-9-6-12-24(30)34-21/h2-4,6-9,12-16,22-23,26,32-33H,5,10-11,17,31H2,1H3/b27-25-/t22-,23+,26?/m1/s1. The number of aromatic nitrogens is 1. The highest BCUT2D eigenvalue weighted by Gasteiger charge is 2.50. The van der Waals surface area contributed by atoms with Gasteiger partial charge in [0, 0.05) is 24.8 Å². The van der Waals surface area contributed by atoms with Gasteiger partial charge >= 0.3 is 0 Å². The van der Waals surface area contributed by atoms with Crippen LogP contribution in [-0.4, -0.2) is 51.9 Å². The molecule has 1 saturated heterocycles. The molecule has 1 unspecified atom stereocenters. The number of nitrogens with zero attached hydrogens (tertiary/aromatic N) is 4. The van der Waals surface area contributed by atoms with Crippen molar-refractivity contribution in [3.8, 4) is 11.3 Å². The Hall–Kier alpha value is -4.24. The summed E-state index contributed by atoms with van der Waals surface area (Å²) in [6.45, 7) is 0.451. The number of halogens is 1. The maximum Gasteiger partial charge on any atom is 0.263 e. The van der Waals surface area contributed by atoms with Crippen LogP contribution in [0.4, 0.5) is 10.1 Å². The minimum absolute atomic E-state index is 0.175. The number of hydrogen-bond donors (Lipinski definition) is 3.